The summed E-state index contributed by atoms with van der Waals surface area (Å²) >= 11 is 0. The summed E-state index contributed by atoms with van der Waals surface area (Å²) in [6, 6.07) is 0. The standard InChI is InChI=1S/C12H21N/c1-9-10(2)13-12(4)8-6-5-7-11(9,12)3/h13H,5-8H2,1-4H3. The third-order valence-electron chi connectivity index (χ3n) is 4.67. The first-order chi connectivity index (χ1) is 6.00. The molecule has 13 heavy (non-hydrogen) atoms. The van der Waals surface area contributed by atoms with Crippen LogP contribution in [0.25, 0.3) is 0 Å². The van der Waals surface area contributed by atoms with Crippen molar-refractivity contribution in [3.05, 3.63) is 11.3 Å². The quantitative estimate of drug-likeness (QED) is 0.602. The molecule has 1 heteroatoms. The van der Waals surface area contributed by atoms with Gasteiger partial charge in [-0.05, 0) is 39.2 Å². The molecule has 0 amide bonds. The van der Waals surface area contributed by atoms with E-state index in [0.29, 0.717) is 11.0 Å². The summed E-state index contributed by atoms with van der Waals surface area (Å²) in [6.45, 7) is 9.36. The predicted molar refractivity (Wildman–Crippen MR) is 56.5 cm³/mol. The smallest absolute Gasteiger partial charge is 0.0433 e. The number of hydrogen-bond donors (Lipinski definition) is 1. The maximum absolute atomic E-state index is 3.70. The number of allylic oxidation sites excluding steroid dienone is 1. The van der Waals surface area contributed by atoms with Crippen LogP contribution in [0.1, 0.15) is 53.4 Å². The predicted octanol–water partition coefficient (Wildman–Crippen LogP) is 3.22. The summed E-state index contributed by atoms with van der Waals surface area (Å²) in [4.78, 5) is 0. The second-order valence-electron chi connectivity index (χ2n) is 5.25. The van der Waals surface area contributed by atoms with Gasteiger partial charge in [-0.2, -0.15) is 0 Å². The highest BCUT2D eigenvalue weighted by Crippen LogP contribution is 2.53. The average molecular weight is 179 g/mol. The molecule has 0 aromatic carbocycles. The summed E-state index contributed by atoms with van der Waals surface area (Å²) in [5.74, 6) is 0. The Morgan fingerprint density at radius 2 is 1.69 bits per heavy atom. The lowest BCUT2D eigenvalue weighted by Gasteiger charge is -2.46. The molecule has 2 rings (SSSR count). The maximum atomic E-state index is 3.70. The summed E-state index contributed by atoms with van der Waals surface area (Å²) in [5, 5.41) is 3.70. The Kier molecular flexibility index (Phi) is 1.77. The van der Waals surface area contributed by atoms with Crippen molar-refractivity contribution in [1.82, 2.24) is 5.32 Å². The lowest BCUT2D eigenvalue weighted by atomic mass is 9.62. The molecule has 74 valence electrons. The Balaban J connectivity index is 2.41. The topological polar surface area (TPSA) is 12.0 Å². The first-order valence-electron chi connectivity index (χ1n) is 5.46. The van der Waals surface area contributed by atoms with E-state index in [1.54, 1.807) is 5.57 Å². The molecule has 2 atom stereocenters. The van der Waals surface area contributed by atoms with E-state index in [4.69, 9.17) is 0 Å². The van der Waals surface area contributed by atoms with Gasteiger partial charge in [0, 0.05) is 16.7 Å². The van der Waals surface area contributed by atoms with Crippen LogP contribution in [0, 0.1) is 5.41 Å². The molecule has 0 bridgehead atoms. The van der Waals surface area contributed by atoms with Crippen LogP contribution < -0.4 is 5.32 Å². The van der Waals surface area contributed by atoms with Crippen molar-refractivity contribution in [2.75, 3.05) is 0 Å². The number of rotatable bonds is 0. The molecule has 0 saturated heterocycles. The van der Waals surface area contributed by atoms with Crippen LogP contribution in [0.5, 0.6) is 0 Å². The van der Waals surface area contributed by atoms with E-state index in [2.05, 4.69) is 33.0 Å². The Bertz CT molecular complexity index is 266. The van der Waals surface area contributed by atoms with Gasteiger partial charge in [0.15, 0.2) is 0 Å². The van der Waals surface area contributed by atoms with E-state index in [-0.39, 0.29) is 0 Å². The summed E-state index contributed by atoms with van der Waals surface area (Å²) < 4.78 is 0. The van der Waals surface area contributed by atoms with Crippen molar-refractivity contribution in [2.45, 2.75) is 58.9 Å². The monoisotopic (exact) mass is 179 g/mol. The highest BCUT2D eigenvalue weighted by Gasteiger charge is 2.51. The average Bonchev–Trinajstić information content (AvgIpc) is 2.25. The Morgan fingerprint density at radius 3 is 2.31 bits per heavy atom. The van der Waals surface area contributed by atoms with Gasteiger partial charge in [-0.3, -0.25) is 0 Å². The molecule has 2 unspecified atom stereocenters. The summed E-state index contributed by atoms with van der Waals surface area (Å²) in [7, 11) is 0. The minimum atomic E-state index is 0.347. The van der Waals surface area contributed by atoms with Crippen molar-refractivity contribution >= 4 is 0 Å². The van der Waals surface area contributed by atoms with Gasteiger partial charge >= 0.3 is 0 Å². The Morgan fingerprint density at radius 1 is 1.08 bits per heavy atom. The molecule has 0 aromatic heterocycles. The van der Waals surface area contributed by atoms with Crippen LogP contribution in [0.4, 0.5) is 0 Å². The van der Waals surface area contributed by atoms with E-state index in [9.17, 15) is 0 Å². The fraction of sp³-hybridized carbons (Fsp3) is 0.833. The van der Waals surface area contributed by atoms with Gasteiger partial charge in [0.2, 0.25) is 0 Å². The lowest BCUT2D eigenvalue weighted by molar-refractivity contribution is 0.129. The normalized spacial score (nSPS) is 44.6. The number of hydrogen-bond acceptors (Lipinski definition) is 1. The van der Waals surface area contributed by atoms with Gasteiger partial charge in [0.05, 0.1) is 0 Å². The molecule has 1 fully saturated rings. The molecule has 1 heterocycles. The van der Waals surface area contributed by atoms with E-state index >= 15 is 0 Å². The zero-order chi connectivity index (χ0) is 9.69. The van der Waals surface area contributed by atoms with Crippen molar-refractivity contribution in [3.8, 4) is 0 Å². The fourth-order valence-electron chi connectivity index (χ4n) is 3.23. The Labute approximate surface area is 81.6 Å². The van der Waals surface area contributed by atoms with Crippen LogP contribution in [0.3, 0.4) is 0 Å². The third-order valence-corrected chi connectivity index (χ3v) is 4.67. The van der Waals surface area contributed by atoms with E-state index in [0.717, 1.165) is 0 Å². The molecular weight excluding hydrogens is 158 g/mol. The molecular formula is C12H21N. The van der Waals surface area contributed by atoms with Gasteiger partial charge in [-0.1, -0.05) is 19.8 Å². The number of nitrogens with one attached hydrogen (secondary N) is 1. The van der Waals surface area contributed by atoms with Crippen LogP contribution in [-0.2, 0) is 0 Å². The van der Waals surface area contributed by atoms with E-state index < -0.39 is 0 Å². The van der Waals surface area contributed by atoms with Gasteiger partial charge in [-0.25, -0.2) is 0 Å². The lowest BCUT2D eigenvalue weighted by Crippen LogP contribution is -2.51. The third kappa shape index (κ3) is 0.992. The summed E-state index contributed by atoms with van der Waals surface area (Å²) in [5.41, 5.74) is 3.79. The van der Waals surface area contributed by atoms with E-state index in [1.807, 2.05) is 0 Å². The molecule has 1 N–H and O–H groups in total. The minimum Gasteiger partial charge on any atom is -0.383 e. The van der Waals surface area contributed by atoms with Crippen molar-refractivity contribution in [3.63, 3.8) is 0 Å². The first kappa shape index (κ1) is 9.11. The SMILES string of the molecule is CC1=C(C)C2(C)CCCCC2(C)N1. The first-order valence-corrected chi connectivity index (χ1v) is 5.46. The van der Waals surface area contributed by atoms with Crippen LogP contribution in [0.2, 0.25) is 0 Å². The van der Waals surface area contributed by atoms with Crippen LogP contribution >= 0.6 is 0 Å². The van der Waals surface area contributed by atoms with Crippen molar-refractivity contribution in [2.24, 2.45) is 5.41 Å². The molecule has 0 aromatic rings. The molecule has 0 radical (unpaired) electrons. The second kappa shape index (κ2) is 2.52. The van der Waals surface area contributed by atoms with Gasteiger partial charge in [-0.15, -0.1) is 0 Å². The summed E-state index contributed by atoms with van der Waals surface area (Å²) in [6.07, 6.45) is 5.48. The molecule has 0 spiro atoms. The largest absolute Gasteiger partial charge is 0.383 e. The fourth-order valence-corrected chi connectivity index (χ4v) is 3.23. The van der Waals surface area contributed by atoms with Crippen LogP contribution in [0.15, 0.2) is 11.3 Å². The highest BCUT2D eigenvalue weighted by molar-refractivity contribution is 5.32. The van der Waals surface area contributed by atoms with E-state index in [1.165, 1.54) is 31.4 Å². The second-order valence-corrected chi connectivity index (χ2v) is 5.25. The van der Waals surface area contributed by atoms with Gasteiger partial charge in [0.1, 0.15) is 0 Å². The maximum Gasteiger partial charge on any atom is 0.0433 e. The molecule has 2 aliphatic rings. The zero-order valence-electron chi connectivity index (χ0n) is 9.33. The molecule has 1 aliphatic heterocycles. The molecule has 1 nitrogen and oxygen atoms in total. The van der Waals surface area contributed by atoms with Crippen molar-refractivity contribution in [1.29, 1.82) is 0 Å². The molecule has 1 saturated carbocycles. The Hall–Kier alpha value is -0.460. The van der Waals surface area contributed by atoms with Crippen LogP contribution in [-0.4, -0.2) is 5.54 Å². The zero-order valence-corrected chi connectivity index (χ0v) is 9.33. The van der Waals surface area contributed by atoms with Gasteiger partial charge < -0.3 is 5.32 Å². The highest BCUT2D eigenvalue weighted by atomic mass is 15.0. The minimum absolute atomic E-state index is 0.347. The number of fused-ring (bicyclic) bond motifs is 1. The van der Waals surface area contributed by atoms with Crippen molar-refractivity contribution < 1.29 is 0 Å². The van der Waals surface area contributed by atoms with Gasteiger partial charge in [0.25, 0.3) is 0 Å². The molecule has 1 aliphatic carbocycles.